The largest absolute Gasteiger partial charge is 0.506 e. The number of nitrogens with two attached hydrogens (primary N) is 1. The van der Waals surface area contributed by atoms with E-state index in [1.807, 2.05) is 0 Å². The van der Waals surface area contributed by atoms with Crippen LogP contribution in [-0.4, -0.2) is 61.0 Å². The molecule has 0 heterocycles. The molecular weight excluding hydrogens is 498 g/mol. The first kappa shape index (κ1) is 25.4. The van der Waals surface area contributed by atoms with Crippen molar-refractivity contribution in [1.82, 2.24) is 0 Å². The van der Waals surface area contributed by atoms with E-state index in [-0.39, 0.29) is 33.4 Å². The summed E-state index contributed by atoms with van der Waals surface area (Å²) in [5, 5.41) is 33.6. The van der Waals surface area contributed by atoms with Crippen molar-refractivity contribution in [2.75, 3.05) is 6.61 Å². The van der Waals surface area contributed by atoms with E-state index < -0.39 is 76.1 Å². The average Bonchev–Trinajstić information content (AvgIpc) is 2.75. The van der Waals surface area contributed by atoms with Gasteiger partial charge in [0.1, 0.15) is 5.75 Å². The normalized spacial score (nSPS) is 34.1. The maximum Gasteiger partial charge on any atom is 0.235 e. The Morgan fingerprint density at radius 2 is 1.89 bits per heavy atom. The third kappa shape index (κ3) is 3.53. The number of hydrogen-bond donors (Lipinski definition) is 4. The van der Waals surface area contributed by atoms with Crippen LogP contribution in [0, 0.1) is 23.7 Å². The van der Waals surface area contributed by atoms with Crippen LogP contribution in [0.25, 0.3) is 0 Å². The fourth-order valence-electron chi connectivity index (χ4n) is 5.58. The Hall–Kier alpha value is -2.67. The number of benzene rings is 1. The minimum Gasteiger partial charge on any atom is -0.506 e. The number of phenolic OH excluding ortho intramolecular Hbond substituents is 1. The van der Waals surface area contributed by atoms with Crippen LogP contribution in [0.3, 0.4) is 0 Å². The number of hydrogen-bond acceptors (Lipinski definition) is 11. The molecule has 6 atom stereocenters. The van der Waals surface area contributed by atoms with Crippen LogP contribution in [0.15, 0.2) is 17.0 Å². The molecule has 2 saturated carbocycles. The summed E-state index contributed by atoms with van der Waals surface area (Å²) in [7, 11) is 0. The number of phenols is 1. The number of ketones is 4. The number of fused-ring (bicyclic) bond motifs is 3. The zero-order chi connectivity index (χ0) is 26.0. The van der Waals surface area contributed by atoms with Gasteiger partial charge in [0.25, 0.3) is 0 Å². The number of thiocarbonyl (C=S) groups is 1. The summed E-state index contributed by atoms with van der Waals surface area (Å²) >= 11 is 5.94. The number of thioether (sulfide) groups is 1. The summed E-state index contributed by atoms with van der Waals surface area (Å²) in [6, 6.07) is 2.89. The lowest BCUT2D eigenvalue weighted by molar-refractivity contribution is -0.182. The van der Waals surface area contributed by atoms with E-state index in [9.17, 15) is 39.3 Å². The van der Waals surface area contributed by atoms with E-state index in [1.54, 1.807) is 6.92 Å². The zero-order valence-corrected chi connectivity index (χ0v) is 20.4. The van der Waals surface area contributed by atoms with Gasteiger partial charge in [0.05, 0.1) is 28.6 Å². The van der Waals surface area contributed by atoms with Gasteiger partial charge in [0.15, 0.2) is 34.7 Å². The molecule has 0 saturated heterocycles. The van der Waals surface area contributed by atoms with Gasteiger partial charge in [-0.15, -0.1) is 0 Å². The molecule has 0 bridgehead atoms. The molecule has 10 nitrogen and oxygen atoms in total. The van der Waals surface area contributed by atoms with Crippen LogP contribution < -0.4 is 5.73 Å². The predicted molar refractivity (Wildman–Crippen MR) is 124 cm³/mol. The number of carbonyl (C=O) groups is 5. The van der Waals surface area contributed by atoms with Crippen molar-refractivity contribution in [2.45, 2.75) is 42.8 Å². The number of aliphatic hydroxyl groups is 2. The molecule has 0 aliphatic heterocycles. The second kappa shape index (κ2) is 8.47. The second-order valence-corrected chi connectivity index (χ2v) is 10.8. The first-order valence-electron chi connectivity index (χ1n) is 10.9. The Bertz CT molecular complexity index is 1210. The number of ether oxygens (including phenoxy) is 1. The highest BCUT2D eigenvalue weighted by molar-refractivity contribution is 8.22. The molecule has 12 heteroatoms. The third-order valence-corrected chi connectivity index (χ3v) is 8.48. The lowest BCUT2D eigenvalue weighted by Crippen LogP contribution is -2.69. The molecule has 2 unspecified atom stereocenters. The van der Waals surface area contributed by atoms with Gasteiger partial charge < -0.3 is 25.8 Å². The maximum atomic E-state index is 13.6. The fraction of sp³-hybridized carbons (Fsp3) is 0.478. The van der Waals surface area contributed by atoms with E-state index >= 15 is 0 Å². The van der Waals surface area contributed by atoms with E-state index in [0.717, 1.165) is 11.8 Å². The van der Waals surface area contributed by atoms with Crippen molar-refractivity contribution in [1.29, 1.82) is 0 Å². The number of aromatic hydroxyl groups is 1. The van der Waals surface area contributed by atoms with Gasteiger partial charge in [-0.05, 0) is 55.9 Å². The van der Waals surface area contributed by atoms with Crippen molar-refractivity contribution < 1.29 is 44.0 Å². The van der Waals surface area contributed by atoms with E-state index in [1.165, 1.54) is 19.1 Å². The van der Waals surface area contributed by atoms with Gasteiger partial charge >= 0.3 is 0 Å². The topological polar surface area (TPSA) is 181 Å². The van der Waals surface area contributed by atoms with Gasteiger partial charge in [-0.25, -0.2) is 0 Å². The van der Waals surface area contributed by atoms with Crippen molar-refractivity contribution in [3.05, 3.63) is 23.3 Å². The highest BCUT2D eigenvalue weighted by Gasteiger charge is 2.68. The molecule has 35 heavy (non-hydrogen) atoms. The Morgan fingerprint density at radius 3 is 2.49 bits per heavy atom. The zero-order valence-electron chi connectivity index (χ0n) is 18.8. The van der Waals surface area contributed by atoms with Crippen molar-refractivity contribution in [2.24, 2.45) is 29.4 Å². The molecule has 186 valence electrons. The molecular formula is C23H23NO9S2. The van der Waals surface area contributed by atoms with Gasteiger partial charge in [-0.3, -0.25) is 24.0 Å². The second-order valence-electron chi connectivity index (χ2n) is 9.15. The molecule has 2 fully saturated rings. The first-order valence-corrected chi connectivity index (χ1v) is 12.1. The Labute approximate surface area is 209 Å². The fourth-order valence-corrected chi connectivity index (χ4v) is 6.65. The number of Topliss-reactive ketones (excluding diaryl/α,β-unsaturated/α-hetero) is 4. The van der Waals surface area contributed by atoms with Crippen LogP contribution in [-0.2, 0) is 29.5 Å². The molecule has 1 aromatic rings. The Kier molecular flexibility index (Phi) is 6.15. The lowest BCUT2D eigenvalue weighted by atomic mass is 9.51. The number of primary amides is 1. The average molecular weight is 522 g/mol. The van der Waals surface area contributed by atoms with Gasteiger partial charge in [0.2, 0.25) is 10.3 Å². The summed E-state index contributed by atoms with van der Waals surface area (Å²) in [5.74, 6) is -12.1. The molecule has 3 aliphatic rings. The molecule has 0 radical (unpaired) electrons. The molecule has 5 N–H and O–H groups in total. The molecule has 0 aromatic heterocycles. The molecule has 4 rings (SSSR count). The van der Waals surface area contributed by atoms with Crippen molar-refractivity contribution in [3.63, 3.8) is 0 Å². The highest BCUT2D eigenvalue weighted by atomic mass is 32.2. The summed E-state index contributed by atoms with van der Waals surface area (Å²) in [5.41, 5.74) is 0.274. The monoisotopic (exact) mass is 521 g/mol. The van der Waals surface area contributed by atoms with Crippen LogP contribution in [0.1, 0.15) is 42.6 Å². The van der Waals surface area contributed by atoms with Crippen molar-refractivity contribution in [3.8, 4) is 5.75 Å². The number of amides is 1. The minimum absolute atomic E-state index is 0.0645. The summed E-state index contributed by atoms with van der Waals surface area (Å²) in [6.07, 6.45) is -0.711. The van der Waals surface area contributed by atoms with Crippen LogP contribution >= 0.6 is 24.0 Å². The number of rotatable bonds is 3. The quantitative estimate of drug-likeness (QED) is 0.246. The SMILES string of the molecule is CCOC(=S)Sc1ccc2c(c1O)C(=O)C1C(=O)[C@]3(O)C(=O)C(C(N)=O)C(=O)C[C@@H]3C[C@@H]1[C@]2(C)O. The Morgan fingerprint density at radius 1 is 1.23 bits per heavy atom. The van der Waals surface area contributed by atoms with Gasteiger partial charge in [-0.1, -0.05) is 6.07 Å². The minimum atomic E-state index is -2.80. The van der Waals surface area contributed by atoms with Gasteiger partial charge in [-0.2, -0.15) is 0 Å². The summed E-state index contributed by atoms with van der Waals surface area (Å²) in [4.78, 5) is 64.4. The lowest BCUT2D eigenvalue weighted by Gasteiger charge is -2.52. The molecule has 1 aromatic carbocycles. The van der Waals surface area contributed by atoms with Crippen LogP contribution in [0.2, 0.25) is 0 Å². The van der Waals surface area contributed by atoms with E-state index in [4.69, 9.17) is 22.7 Å². The van der Waals surface area contributed by atoms with E-state index in [2.05, 4.69) is 0 Å². The van der Waals surface area contributed by atoms with Crippen LogP contribution in [0.5, 0.6) is 5.75 Å². The third-order valence-electron chi connectivity index (χ3n) is 7.27. The molecule has 1 amide bonds. The maximum absolute atomic E-state index is 13.6. The highest BCUT2D eigenvalue weighted by Crippen LogP contribution is 2.56. The predicted octanol–water partition coefficient (Wildman–Crippen LogP) is 0.405. The molecule has 3 aliphatic carbocycles. The Balaban J connectivity index is 1.83. The standard InChI is InChI=1S/C23H23NO9S2/c1-3-33-21(34)35-12-5-4-9-13(16(12)26)17(27)14-10(22(9,2)31)6-8-7-11(25)15(20(24)30)19(29)23(8,32)18(14)28/h4-5,8,10,14-15,26,31-32H,3,6-7H2,1-2H3,(H2,24,30)/t8-,10-,14?,15?,22+,23-/m0/s1. The summed E-state index contributed by atoms with van der Waals surface area (Å²) < 4.78 is 5.28. The summed E-state index contributed by atoms with van der Waals surface area (Å²) in [6.45, 7) is 3.37. The van der Waals surface area contributed by atoms with E-state index in [0.29, 0.717) is 0 Å². The molecule has 0 spiro atoms. The van der Waals surface area contributed by atoms with Gasteiger partial charge in [0, 0.05) is 18.3 Å². The first-order chi connectivity index (χ1) is 16.3. The van der Waals surface area contributed by atoms with Crippen molar-refractivity contribution >= 4 is 57.4 Å². The van der Waals surface area contributed by atoms with Crippen LogP contribution in [0.4, 0.5) is 0 Å². The number of carbonyl (C=O) groups excluding carboxylic acids is 5. The smallest absolute Gasteiger partial charge is 0.235 e.